The minimum atomic E-state index is -0.309. The molecule has 182 valence electrons. The summed E-state index contributed by atoms with van der Waals surface area (Å²) in [5.74, 6) is 0.834. The van der Waals surface area contributed by atoms with Crippen molar-refractivity contribution in [3.63, 3.8) is 0 Å². The maximum absolute atomic E-state index is 12.7. The second kappa shape index (κ2) is 11.5. The van der Waals surface area contributed by atoms with E-state index in [-0.39, 0.29) is 11.2 Å². The molecule has 0 aliphatic rings. The lowest BCUT2D eigenvalue weighted by Crippen LogP contribution is -2.32. The molecular weight excluding hydrogens is 456 g/mol. The summed E-state index contributed by atoms with van der Waals surface area (Å²) in [5, 5.41) is 14.9. The van der Waals surface area contributed by atoms with Crippen molar-refractivity contribution in [2.75, 3.05) is 20.3 Å². The van der Waals surface area contributed by atoms with Gasteiger partial charge < -0.3 is 10.1 Å². The standard InChI is InChI=1S/C28H32N4O2S/c1-19-13-14-25(20(2)17-19)32-26(18-23-11-7-10-22-9-5-6-12-24(22)23)30-31-28(32)35-21(3)27(33)29-15-8-16-34-4/h5-7,9-14,17,21H,8,15-16,18H2,1-4H3,(H,29,33). The lowest BCUT2D eigenvalue weighted by molar-refractivity contribution is -0.120. The maximum Gasteiger partial charge on any atom is 0.233 e. The molecule has 1 unspecified atom stereocenters. The number of nitrogens with one attached hydrogen (secondary N) is 1. The molecule has 1 N–H and O–H groups in total. The first-order valence-electron chi connectivity index (χ1n) is 11.9. The fraction of sp³-hybridized carbons (Fsp3) is 0.321. The second-order valence-corrected chi connectivity index (χ2v) is 10.0. The zero-order valence-corrected chi connectivity index (χ0v) is 21.6. The van der Waals surface area contributed by atoms with E-state index in [0.717, 1.165) is 23.5 Å². The highest BCUT2D eigenvalue weighted by Gasteiger charge is 2.22. The lowest BCUT2D eigenvalue weighted by Gasteiger charge is -2.16. The van der Waals surface area contributed by atoms with Crippen LogP contribution in [-0.2, 0) is 16.0 Å². The Balaban J connectivity index is 1.67. The number of rotatable bonds is 10. The number of thioether (sulfide) groups is 1. The first-order valence-corrected chi connectivity index (χ1v) is 12.8. The summed E-state index contributed by atoms with van der Waals surface area (Å²) in [6, 6.07) is 21.1. The summed E-state index contributed by atoms with van der Waals surface area (Å²) in [6.07, 6.45) is 1.42. The van der Waals surface area contributed by atoms with Crippen molar-refractivity contribution in [2.45, 2.75) is 44.0 Å². The van der Waals surface area contributed by atoms with Gasteiger partial charge in [-0.3, -0.25) is 9.36 Å². The normalized spacial score (nSPS) is 12.1. The van der Waals surface area contributed by atoms with Crippen LogP contribution in [0.25, 0.3) is 16.5 Å². The van der Waals surface area contributed by atoms with Crippen molar-refractivity contribution in [1.29, 1.82) is 0 Å². The van der Waals surface area contributed by atoms with Crippen LogP contribution >= 0.6 is 11.8 Å². The summed E-state index contributed by atoms with van der Waals surface area (Å²) >= 11 is 1.43. The number of hydrogen-bond donors (Lipinski definition) is 1. The number of amides is 1. The molecule has 6 nitrogen and oxygen atoms in total. The van der Waals surface area contributed by atoms with Crippen LogP contribution in [0.3, 0.4) is 0 Å². The molecule has 0 radical (unpaired) electrons. The third-order valence-corrected chi connectivity index (χ3v) is 7.04. The van der Waals surface area contributed by atoms with Gasteiger partial charge in [0.25, 0.3) is 0 Å². The molecule has 0 saturated heterocycles. The number of nitrogens with zero attached hydrogens (tertiary/aromatic N) is 3. The molecule has 0 aliphatic heterocycles. The van der Waals surface area contributed by atoms with Crippen LogP contribution in [0.5, 0.6) is 0 Å². The molecule has 4 rings (SSSR count). The molecule has 7 heteroatoms. The van der Waals surface area contributed by atoms with Gasteiger partial charge in [0.15, 0.2) is 5.16 Å². The number of benzene rings is 3. The molecule has 1 aromatic heterocycles. The Hall–Kier alpha value is -3.16. The first kappa shape index (κ1) is 24.9. The highest BCUT2D eigenvalue weighted by Crippen LogP contribution is 2.30. The van der Waals surface area contributed by atoms with Crippen molar-refractivity contribution < 1.29 is 9.53 Å². The van der Waals surface area contributed by atoms with Crippen LogP contribution < -0.4 is 5.32 Å². The number of aryl methyl sites for hydroxylation is 2. The van der Waals surface area contributed by atoms with Crippen molar-refractivity contribution in [3.05, 3.63) is 83.2 Å². The highest BCUT2D eigenvalue weighted by atomic mass is 32.2. The number of hydrogen-bond acceptors (Lipinski definition) is 5. The Kier molecular flexibility index (Phi) is 8.21. The number of aromatic nitrogens is 3. The topological polar surface area (TPSA) is 69.0 Å². The van der Waals surface area contributed by atoms with Crippen LogP contribution in [-0.4, -0.2) is 46.2 Å². The molecule has 1 atom stereocenters. The van der Waals surface area contributed by atoms with Gasteiger partial charge in [0.2, 0.25) is 5.91 Å². The average molecular weight is 489 g/mol. The van der Waals surface area contributed by atoms with Gasteiger partial charge in [-0.1, -0.05) is 71.9 Å². The summed E-state index contributed by atoms with van der Waals surface area (Å²) < 4.78 is 7.17. The minimum absolute atomic E-state index is 0.0168. The van der Waals surface area contributed by atoms with Crippen molar-refractivity contribution in [3.8, 4) is 5.69 Å². The molecule has 0 saturated carbocycles. The number of methoxy groups -OCH3 is 1. The molecule has 3 aromatic carbocycles. The Bertz CT molecular complexity index is 1310. The van der Waals surface area contributed by atoms with Crippen molar-refractivity contribution in [2.24, 2.45) is 0 Å². The third-order valence-electron chi connectivity index (χ3n) is 6.00. The predicted octanol–water partition coefficient (Wildman–Crippen LogP) is 5.26. The third kappa shape index (κ3) is 5.92. The van der Waals surface area contributed by atoms with Gasteiger partial charge in [0.05, 0.1) is 10.9 Å². The van der Waals surface area contributed by atoms with E-state index in [1.165, 1.54) is 33.7 Å². The smallest absolute Gasteiger partial charge is 0.233 e. The fourth-order valence-corrected chi connectivity index (χ4v) is 5.09. The van der Waals surface area contributed by atoms with E-state index in [4.69, 9.17) is 4.74 Å². The fourth-order valence-electron chi connectivity index (χ4n) is 4.19. The van der Waals surface area contributed by atoms with Crippen molar-refractivity contribution in [1.82, 2.24) is 20.1 Å². The SMILES string of the molecule is COCCCNC(=O)C(C)Sc1nnc(Cc2cccc3ccccc23)n1-c1ccc(C)cc1C. The zero-order valence-electron chi connectivity index (χ0n) is 20.7. The van der Waals surface area contributed by atoms with Gasteiger partial charge in [0.1, 0.15) is 5.82 Å². The van der Waals surface area contributed by atoms with Crippen molar-refractivity contribution >= 4 is 28.4 Å². The van der Waals surface area contributed by atoms with E-state index in [1.807, 2.05) is 6.92 Å². The van der Waals surface area contributed by atoms with E-state index in [9.17, 15) is 4.79 Å². The van der Waals surface area contributed by atoms with E-state index < -0.39 is 0 Å². The molecule has 0 aliphatic carbocycles. The van der Waals surface area contributed by atoms with Gasteiger partial charge >= 0.3 is 0 Å². The molecule has 0 fully saturated rings. The Morgan fingerprint density at radius 2 is 1.89 bits per heavy atom. The molecule has 1 heterocycles. The number of carbonyl (C=O) groups excluding carboxylic acids is 1. The van der Waals surface area contributed by atoms with E-state index in [2.05, 4.69) is 94.6 Å². The predicted molar refractivity (Wildman–Crippen MR) is 142 cm³/mol. The monoisotopic (exact) mass is 488 g/mol. The molecule has 0 bridgehead atoms. The number of carbonyl (C=O) groups is 1. The summed E-state index contributed by atoms with van der Waals surface area (Å²) in [6.45, 7) is 7.31. The van der Waals surface area contributed by atoms with E-state index in [1.54, 1.807) is 7.11 Å². The molecule has 1 amide bonds. The van der Waals surface area contributed by atoms with Crippen LogP contribution in [0.15, 0.2) is 65.8 Å². The highest BCUT2D eigenvalue weighted by molar-refractivity contribution is 8.00. The van der Waals surface area contributed by atoms with E-state index in [0.29, 0.717) is 24.7 Å². The Morgan fingerprint density at radius 1 is 1.09 bits per heavy atom. The molecule has 0 spiro atoms. The van der Waals surface area contributed by atoms with E-state index >= 15 is 0 Å². The lowest BCUT2D eigenvalue weighted by atomic mass is 10.0. The van der Waals surface area contributed by atoms with Gasteiger partial charge in [-0.2, -0.15) is 0 Å². The average Bonchev–Trinajstić information content (AvgIpc) is 3.23. The van der Waals surface area contributed by atoms with Gasteiger partial charge in [-0.15, -0.1) is 10.2 Å². The summed E-state index contributed by atoms with van der Waals surface area (Å²) in [7, 11) is 1.66. The van der Waals surface area contributed by atoms with Crippen LogP contribution in [0.2, 0.25) is 0 Å². The quantitative estimate of drug-likeness (QED) is 0.244. The van der Waals surface area contributed by atoms with Gasteiger partial charge in [0, 0.05) is 26.7 Å². The largest absolute Gasteiger partial charge is 0.385 e. The maximum atomic E-state index is 12.7. The summed E-state index contributed by atoms with van der Waals surface area (Å²) in [4.78, 5) is 12.7. The number of fused-ring (bicyclic) bond motifs is 1. The first-order chi connectivity index (χ1) is 17.0. The Labute approximate surface area is 211 Å². The molecule has 4 aromatic rings. The minimum Gasteiger partial charge on any atom is -0.385 e. The second-order valence-electron chi connectivity index (χ2n) is 8.74. The zero-order chi connectivity index (χ0) is 24.8. The van der Waals surface area contributed by atoms with Crippen LogP contribution in [0, 0.1) is 13.8 Å². The molecular formula is C28H32N4O2S. The summed E-state index contributed by atoms with van der Waals surface area (Å²) in [5.41, 5.74) is 4.57. The molecule has 35 heavy (non-hydrogen) atoms. The number of ether oxygens (including phenoxy) is 1. The van der Waals surface area contributed by atoms with Gasteiger partial charge in [-0.05, 0) is 55.2 Å². The van der Waals surface area contributed by atoms with Gasteiger partial charge in [-0.25, -0.2) is 0 Å². The van der Waals surface area contributed by atoms with Crippen LogP contribution in [0.4, 0.5) is 0 Å². The van der Waals surface area contributed by atoms with Crippen LogP contribution in [0.1, 0.15) is 35.9 Å². The Morgan fingerprint density at radius 3 is 2.69 bits per heavy atom.